The topological polar surface area (TPSA) is 12.5 Å². The molecule has 112 valence electrons. The van der Waals surface area contributed by atoms with Crippen molar-refractivity contribution in [2.75, 3.05) is 20.7 Å². The van der Waals surface area contributed by atoms with Gasteiger partial charge in [-0.15, -0.1) is 11.3 Å². The molecule has 3 heteroatoms. The van der Waals surface area contributed by atoms with Crippen LogP contribution in [0.1, 0.15) is 16.7 Å². The number of rotatable bonds is 2. The Labute approximate surface area is 135 Å². The first-order valence-corrected chi connectivity index (χ1v) is 8.41. The third-order valence-electron chi connectivity index (χ3n) is 4.66. The summed E-state index contributed by atoms with van der Waals surface area (Å²) in [5.74, 6) is 0. The molecule has 1 atom stereocenters. The Morgan fingerprint density at radius 2 is 2.00 bits per heavy atom. The quantitative estimate of drug-likeness (QED) is 0.702. The molecule has 3 aromatic rings. The zero-order valence-corrected chi connectivity index (χ0v) is 13.7. The first-order valence-electron chi connectivity index (χ1n) is 7.53. The highest BCUT2D eigenvalue weighted by Gasteiger charge is 2.40. The third kappa shape index (κ3) is 2.01. The molecule has 0 spiro atoms. The number of hydrogen-bond donors (Lipinski definition) is 0. The molecule has 0 fully saturated rings. The van der Waals surface area contributed by atoms with Crippen LogP contribution in [0.3, 0.4) is 0 Å². The van der Waals surface area contributed by atoms with Crippen molar-refractivity contribution in [2.24, 2.45) is 0 Å². The highest BCUT2D eigenvalue weighted by molar-refractivity contribution is 7.17. The average molecular weight is 309 g/mol. The van der Waals surface area contributed by atoms with Crippen LogP contribution >= 0.6 is 11.3 Å². The Hall–Kier alpha value is -1.68. The van der Waals surface area contributed by atoms with E-state index < -0.39 is 0 Å². The van der Waals surface area contributed by atoms with Crippen LogP contribution in [0.15, 0.2) is 53.9 Å². The van der Waals surface area contributed by atoms with E-state index in [1.165, 1.54) is 26.8 Å². The van der Waals surface area contributed by atoms with Crippen LogP contribution in [0.25, 0.3) is 10.1 Å². The summed E-state index contributed by atoms with van der Waals surface area (Å²) in [5.41, 5.74) is 3.50. The lowest BCUT2D eigenvalue weighted by Gasteiger charge is -2.42. The van der Waals surface area contributed by atoms with Crippen LogP contribution in [-0.2, 0) is 16.9 Å². The molecule has 0 saturated carbocycles. The molecule has 22 heavy (non-hydrogen) atoms. The minimum atomic E-state index is -0.387. The number of hydrogen-bond acceptors (Lipinski definition) is 3. The van der Waals surface area contributed by atoms with Crippen molar-refractivity contribution in [3.8, 4) is 0 Å². The Bertz CT molecular complexity index is 825. The molecule has 0 N–H and O–H groups in total. The van der Waals surface area contributed by atoms with Gasteiger partial charge in [0, 0.05) is 24.9 Å². The largest absolute Gasteiger partial charge is 0.367 e. The van der Waals surface area contributed by atoms with E-state index in [2.05, 4.69) is 65.9 Å². The zero-order valence-electron chi connectivity index (χ0n) is 12.9. The van der Waals surface area contributed by atoms with Crippen LogP contribution in [-0.4, -0.2) is 25.6 Å². The summed E-state index contributed by atoms with van der Waals surface area (Å²) in [4.78, 5) is 2.34. The molecular formula is C19H19NOS. The lowest BCUT2D eigenvalue weighted by atomic mass is 9.80. The minimum absolute atomic E-state index is 0.387. The Kier molecular flexibility index (Phi) is 3.30. The number of ether oxygens (including phenoxy) is 1. The molecular weight excluding hydrogens is 290 g/mol. The van der Waals surface area contributed by atoms with E-state index in [4.69, 9.17) is 4.74 Å². The summed E-state index contributed by atoms with van der Waals surface area (Å²) >= 11 is 1.79. The maximum Gasteiger partial charge on any atom is 0.131 e. The molecule has 4 rings (SSSR count). The van der Waals surface area contributed by atoms with Gasteiger partial charge in [0.25, 0.3) is 0 Å². The second-order valence-corrected chi connectivity index (χ2v) is 6.98. The van der Waals surface area contributed by atoms with Gasteiger partial charge in [-0.1, -0.05) is 36.4 Å². The Balaban J connectivity index is 1.95. The van der Waals surface area contributed by atoms with Gasteiger partial charge in [0.05, 0.1) is 0 Å². The minimum Gasteiger partial charge on any atom is -0.367 e. The van der Waals surface area contributed by atoms with Gasteiger partial charge in [-0.3, -0.25) is 4.90 Å². The molecule has 1 aliphatic heterocycles. The van der Waals surface area contributed by atoms with E-state index in [9.17, 15) is 0 Å². The lowest BCUT2D eigenvalue weighted by molar-refractivity contribution is -0.0153. The molecule has 1 aliphatic rings. The van der Waals surface area contributed by atoms with Crippen molar-refractivity contribution in [1.82, 2.24) is 4.90 Å². The fraction of sp³-hybridized carbons (Fsp3) is 0.263. The van der Waals surface area contributed by atoms with E-state index >= 15 is 0 Å². The van der Waals surface area contributed by atoms with Crippen molar-refractivity contribution in [2.45, 2.75) is 12.1 Å². The second kappa shape index (κ2) is 5.20. The van der Waals surface area contributed by atoms with Crippen molar-refractivity contribution >= 4 is 21.4 Å². The third-order valence-corrected chi connectivity index (χ3v) is 5.54. The molecule has 2 aromatic carbocycles. The molecule has 2 nitrogen and oxygen atoms in total. The van der Waals surface area contributed by atoms with Gasteiger partial charge in [-0.05, 0) is 46.6 Å². The maximum atomic E-state index is 6.15. The molecule has 0 bridgehead atoms. The standard InChI is InChI=1S/C19H19NOS/c1-20-12-15-5-3-4-6-17(15)19(13-20,21-2)16-8-7-14-9-10-22-18(14)11-16/h3-11H,12-13H2,1-2H3. The predicted molar refractivity (Wildman–Crippen MR) is 92.4 cm³/mol. The number of fused-ring (bicyclic) bond motifs is 2. The van der Waals surface area contributed by atoms with E-state index in [0.29, 0.717) is 0 Å². The smallest absolute Gasteiger partial charge is 0.131 e. The maximum absolute atomic E-state index is 6.15. The molecule has 0 radical (unpaired) electrons. The number of thiophene rings is 1. The lowest BCUT2D eigenvalue weighted by Crippen LogP contribution is -2.46. The van der Waals surface area contributed by atoms with Crippen molar-refractivity contribution in [1.29, 1.82) is 0 Å². The average Bonchev–Trinajstić information content (AvgIpc) is 3.01. The van der Waals surface area contributed by atoms with Gasteiger partial charge in [-0.25, -0.2) is 0 Å². The van der Waals surface area contributed by atoms with Crippen molar-refractivity contribution in [3.05, 3.63) is 70.6 Å². The highest BCUT2D eigenvalue weighted by Crippen LogP contribution is 2.41. The molecule has 0 saturated heterocycles. The van der Waals surface area contributed by atoms with E-state index in [-0.39, 0.29) is 5.60 Å². The summed E-state index contributed by atoms with van der Waals surface area (Å²) in [6.45, 7) is 1.85. The molecule has 0 amide bonds. The van der Waals surface area contributed by atoms with Gasteiger partial charge >= 0.3 is 0 Å². The number of benzene rings is 2. The SMILES string of the molecule is COC1(c2ccc3ccsc3c2)CN(C)Cc2ccccc21. The molecule has 0 aliphatic carbocycles. The monoisotopic (exact) mass is 309 g/mol. The summed E-state index contributed by atoms with van der Waals surface area (Å²) in [7, 11) is 3.99. The summed E-state index contributed by atoms with van der Waals surface area (Å²) < 4.78 is 7.47. The number of nitrogens with zero attached hydrogens (tertiary/aromatic N) is 1. The van der Waals surface area contributed by atoms with Gasteiger partial charge in [0.15, 0.2) is 0 Å². The normalized spacial score (nSPS) is 21.9. The van der Waals surface area contributed by atoms with Crippen LogP contribution in [0.2, 0.25) is 0 Å². The zero-order chi connectivity index (χ0) is 15.2. The summed E-state index contributed by atoms with van der Waals surface area (Å²) in [6, 6.07) is 17.5. The molecule has 1 aromatic heterocycles. The second-order valence-electron chi connectivity index (χ2n) is 6.03. The van der Waals surface area contributed by atoms with E-state index in [1.54, 1.807) is 11.3 Å². The molecule has 2 heterocycles. The Morgan fingerprint density at radius 1 is 1.14 bits per heavy atom. The Morgan fingerprint density at radius 3 is 2.86 bits per heavy atom. The van der Waals surface area contributed by atoms with Crippen molar-refractivity contribution < 1.29 is 4.74 Å². The van der Waals surface area contributed by atoms with Crippen molar-refractivity contribution in [3.63, 3.8) is 0 Å². The van der Waals surface area contributed by atoms with Crippen LogP contribution in [0, 0.1) is 0 Å². The summed E-state index contributed by atoms with van der Waals surface area (Å²) in [5, 5.41) is 3.45. The van der Waals surface area contributed by atoms with E-state index in [1.807, 2.05) is 7.11 Å². The van der Waals surface area contributed by atoms with Gasteiger partial charge in [0.2, 0.25) is 0 Å². The predicted octanol–water partition coefficient (Wildman–Crippen LogP) is 4.24. The number of methoxy groups -OCH3 is 1. The first kappa shape index (κ1) is 13.9. The fourth-order valence-electron chi connectivity index (χ4n) is 3.61. The fourth-order valence-corrected chi connectivity index (χ4v) is 4.44. The van der Waals surface area contributed by atoms with E-state index in [0.717, 1.165) is 13.1 Å². The van der Waals surface area contributed by atoms with Crippen LogP contribution in [0.4, 0.5) is 0 Å². The number of likely N-dealkylation sites (N-methyl/N-ethyl adjacent to an activating group) is 1. The van der Waals surface area contributed by atoms with Gasteiger partial charge in [-0.2, -0.15) is 0 Å². The summed E-state index contributed by atoms with van der Waals surface area (Å²) in [6.07, 6.45) is 0. The molecule has 1 unspecified atom stereocenters. The van der Waals surface area contributed by atoms with Gasteiger partial charge < -0.3 is 4.74 Å². The van der Waals surface area contributed by atoms with Gasteiger partial charge in [0.1, 0.15) is 5.60 Å². The van der Waals surface area contributed by atoms with Crippen LogP contribution in [0.5, 0.6) is 0 Å². The van der Waals surface area contributed by atoms with Crippen LogP contribution < -0.4 is 0 Å². The first-order chi connectivity index (χ1) is 10.7. The highest BCUT2D eigenvalue weighted by atomic mass is 32.1.